The topological polar surface area (TPSA) is 15.3 Å². The first-order valence-corrected chi connectivity index (χ1v) is 7.37. The molecule has 0 amide bonds. The molecule has 0 aromatic heterocycles. The van der Waals surface area contributed by atoms with E-state index in [1.807, 2.05) is 0 Å². The zero-order valence-electron chi connectivity index (χ0n) is 10.5. The van der Waals surface area contributed by atoms with E-state index in [9.17, 15) is 0 Å². The molecule has 16 heavy (non-hydrogen) atoms. The molecule has 0 aromatic rings. The Bertz CT molecular complexity index is 219. The fraction of sp³-hybridized carbons (Fsp3) is 1.00. The second-order valence-electron chi connectivity index (χ2n) is 6.14. The molecule has 1 saturated heterocycles. The molecule has 2 saturated carbocycles. The number of nitrogens with zero attached hydrogens (tertiary/aromatic N) is 1. The minimum atomic E-state index is 0.831. The summed E-state index contributed by atoms with van der Waals surface area (Å²) in [5, 5.41) is 3.70. The van der Waals surface area contributed by atoms with Gasteiger partial charge >= 0.3 is 0 Å². The monoisotopic (exact) mass is 222 g/mol. The van der Waals surface area contributed by atoms with E-state index < -0.39 is 0 Å². The predicted octanol–water partition coefficient (Wildman–Crippen LogP) is 2.25. The average Bonchev–Trinajstić information content (AvgIpc) is 3.05. The van der Waals surface area contributed by atoms with Crippen LogP contribution in [0.3, 0.4) is 0 Å². The molecule has 1 unspecified atom stereocenters. The van der Waals surface area contributed by atoms with Crippen molar-refractivity contribution in [2.45, 2.75) is 51.0 Å². The van der Waals surface area contributed by atoms with E-state index in [0.29, 0.717) is 0 Å². The molecular formula is C14H26N2. The van der Waals surface area contributed by atoms with Gasteiger partial charge < -0.3 is 10.2 Å². The van der Waals surface area contributed by atoms with E-state index in [-0.39, 0.29) is 0 Å². The highest BCUT2D eigenvalue weighted by atomic mass is 15.2. The summed E-state index contributed by atoms with van der Waals surface area (Å²) in [5.41, 5.74) is 0. The van der Waals surface area contributed by atoms with Crippen LogP contribution in [0.4, 0.5) is 0 Å². The predicted molar refractivity (Wildman–Crippen MR) is 67.5 cm³/mol. The molecule has 0 radical (unpaired) electrons. The molecule has 1 heterocycles. The molecule has 3 fully saturated rings. The van der Waals surface area contributed by atoms with Gasteiger partial charge in [0.15, 0.2) is 0 Å². The van der Waals surface area contributed by atoms with E-state index in [1.165, 1.54) is 71.1 Å². The fourth-order valence-corrected chi connectivity index (χ4v) is 3.52. The van der Waals surface area contributed by atoms with Crippen LogP contribution in [-0.2, 0) is 0 Å². The van der Waals surface area contributed by atoms with Gasteiger partial charge in [-0.25, -0.2) is 0 Å². The normalized spacial score (nSPS) is 33.4. The van der Waals surface area contributed by atoms with Crippen LogP contribution >= 0.6 is 0 Å². The molecule has 0 spiro atoms. The summed E-state index contributed by atoms with van der Waals surface area (Å²) in [6, 6.07) is 0.831. The quantitative estimate of drug-likeness (QED) is 0.785. The Labute approximate surface area is 99.8 Å². The first-order valence-electron chi connectivity index (χ1n) is 7.37. The summed E-state index contributed by atoms with van der Waals surface area (Å²) < 4.78 is 0. The van der Waals surface area contributed by atoms with Crippen LogP contribution < -0.4 is 5.32 Å². The molecule has 2 nitrogen and oxygen atoms in total. The molecule has 2 heteroatoms. The number of piperazine rings is 1. The number of rotatable bonds is 4. The molecule has 92 valence electrons. The summed E-state index contributed by atoms with van der Waals surface area (Å²) in [6.45, 7) is 5.22. The molecule has 1 aliphatic heterocycles. The average molecular weight is 222 g/mol. The van der Waals surface area contributed by atoms with Crippen LogP contribution in [0.15, 0.2) is 0 Å². The smallest absolute Gasteiger partial charge is 0.0223 e. The van der Waals surface area contributed by atoms with Gasteiger partial charge in [-0.05, 0) is 37.6 Å². The third kappa shape index (κ3) is 2.78. The number of nitrogens with one attached hydrogen (secondary N) is 1. The molecule has 2 aliphatic carbocycles. The minimum absolute atomic E-state index is 0.831. The Hall–Kier alpha value is -0.0800. The second kappa shape index (κ2) is 5.05. The van der Waals surface area contributed by atoms with E-state index in [4.69, 9.17) is 0 Å². The van der Waals surface area contributed by atoms with Gasteiger partial charge in [-0.2, -0.15) is 0 Å². The molecule has 1 atom stereocenters. The van der Waals surface area contributed by atoms with Crippen LogP contribution in [0, 0.1) is 11.8 Å². The van der Waals surface area contributed by atoms with E-state index in [1.54, 1.807) is 0 Å². The fourth-order valence-electron chi connectivity index (χ4n) is 3.52. The SMILES string of the molecule is C1CCC(CCN2CCNC(C3CC3)C2)C1. The summed E-state index contributed by atoms with van der Waals surface area (Å²) in [6.07, 6.45) is 10.4. The van der Waals surface area contributed by atoms with Crippen molar-refractivity contribution in [3.05, 3.63) is 0 Å². The van der Waals surface area contributed by atoms with Gasteiger partial charge in [-0.3, -0.25) is 0 Å². The highest BCUT2D eigenvalue weighted by Crippen LogP contribution is 2.34. The lowest BCUT2D eigenvalue weighted by molar-refractivity contribution is 0.178. The highest BCUT2D eigenvalue weighted by Gasteiger charge is 2.33. The first-order chi connectivity index (χ1) is 7.92. The lowest BCUT2D eigenvalue weighted by Gasteiger charge is -2.34. The zero-order chi connectivity index (χ0) is 10.8. The third-order valence-electron chi connectivity index (χ3n) is 4.81. The van der Waals surface area contributed by atoms with Crippen molar-refractivity contribution < 1.29 is 0 Å². The van der Waals surface area contributed by atoms with Crippen LogP contribution in [0.5, 0.6) is 0 Å². The lowest BCUT2D eigenvalue weighted by Crippen LogP contribution is -2.51. The Morgan fingerprint density at radius 1 is 1.06 bits per heavy atom. The van der Waals surface area contributed by atoms with Crippen LogP contribution in [-0.4, -0.2) is 37.1 Å². The van der Waals surface area contributed by atoms with Gasteiger partial charge in [0.1, 0.15) is 0 Å². The standard InChI is InChI=1S/C14H26N2/c1-2-4-12(3-1)7-9-16-10-8-15-14(11-16)13-5-6-13/h12-15H,1-11H2. The van der Waals surface area contributed by atoms with Gasteiger partial charge in [-0.1, -0.05) is 25.7 Å². The molecular weight excluding hydrogens is 196 g/mol. The summed E-state index contributed by atoms with van der Waals surface area (Å²) in [4.78, 5) is 2.72. The molecule has 0 bridgehead atoms. The van der Waals surface area contributed by atoms with Crippen LogP contribution in [0.25, 0.3) is 0 Å². The van der Waals surface area contributed by atoms with Crippen molar-refractivity contribution >= 4 is 0 Å². The lowest BCUT2D eigenvalue weighted by atomic mass is 10.0. The zero-order valence-corrected chi connectivity index (χ0v) is 10.5. The molecule has 3 rings (SSSR count). The first kappa shape index (κ1) is 11.0. The van der Waals surface area contributed by atoms with Crippen molar-refractivity contribution in [3.63, 3.8) is 0 Å². The maximum Gasteiger partial charge on any atom is 0.0223 e. The van der Waals surface area contributed by atoms with Gasteiger partial charge in [0.2, 0.25) is 0 Å². The molecule has 3 aliphatic rings. The van der Waals surface area contributed by atoms with Gasteiger partial charge in [-0.15, -0.1) is 0 Å². The number of hydrogen-bond donors (Lipinski definition) is 1. The Morgan fingerprint density at radius 2 is 1.88 bits per heavy atom. The van der Waals surface area contributed by atoms with Gasteiger partial charge in [0, 0.05) is 25.7 Å². The van der Waals surface area contributed by atoms with Crippen LogP contribution in [0.1, 0.15) is 44.9 Å². The number of hydrogen-bond acceptors (Lipinski definition) is 2. The summed E-state index contributed by atoms with van der Waals surface area (Å²) in [7, 11) is 0. The highest BCUT2D eigenvalue weighted by molar-refractivity contribution is 4.91. The Morgan fingerprint density at radius 3 is 2.62 bits per heavy atom. The van der Waals surface area contributed by atoms with Crippen molar-refractivity contribution in [1.82, 2.24) is 10.2 Å². The Kier molecular flexibility index (Phi) is 3.49. The maximum absolute atomic E-state index is 3.70. The van der Waals surface area contributed by atoms with Crippen molar-refractivity contribution in [3.8, 4) is 0 Å². The van der Waals surface area contributed by atoms with Gasteiger partial charge in [0.25, 0.3) is 0 Å². The van der Waals surface area contributed by atoms with E-state index in [0.717, 1.165) is 17.9 Å². The van der Waals surface area contributed by atoms with Crippen molar-refractivity contribution in [1.29, 1.82) is 0 Å². The minimum Gasteiger partial charge on any atom is -0.311 e. The largest absolute Gasteiger partial charge is 0.311 e. The van der Waals surface area contributed by atoms with Gasteiger partial charge in [0.05, 0.1) is 0 Å². The molecule has 0 aromatic carbocycles. The van der Waals surface area contributed by atoms with Crippen molar-refractivity contribution in [2.75, 3.05) is 26.2 Å². The Balaban J connectivity index is 1.39. The third-order valence-corrected chi connectivity index (χ3v) is 4.81. The summed E-state index contributed by atoms with van der Waals surface area (Å²) >= 11 is 0. The van der Waals surface area contributed by atoms with Crippen LogP contribution in [0.2, 0.25) is 0 Å². The van der Waals surface area contributed by atoms with E-state index >= 15 is 0 Å². The van der Waals surface area contributed by atoms with Crippen molar-refractivity contribution in [2.24, 2.45) is 11.8 Å². The molecule has 1 N–H and O–H groups in total. The summed E-state index contributed by atoms with van der Waals surface area (Å²) in [5.74, 6) is 2.09. The second-order valence-corrected chi connectivity index (χ2v) is 6.14. The maximum atomic E-state index is 3.70. The van der Waals surface area contributed by atoms with E-state index in [2.05, 4.69) is 10.2 Å².